The van der Waals surface area contributed by atoms with Crippen molar-refractivity contribution in [1.82, 2.24) is 0 Å². The molecule has 0 aliphatic carbocycles. The molecule has 6 heteroatoms. The van der Waals surface area contributed by atoms with Gasteiger partial charge in [-0.25, -0.2) is 0 Å². The van der Waals surface area contributed by atoms with Crippen LogP contribution in [0.15, 0.2) is 0 Å². The zero-order valence-corrected chi connectivity index (χ0v) is 8.66. The van der Waals surface area contributed by atoms with E-state index in [0.29, 0.717) is 0 Å². The van der Waals surface area contributed by atoms with Gasteiger partial charge in [-0.2, -0.15) is 0 Å². The van der Waals surface area contributed by atoms with Gasteiger partial charge >= 0.3 is 67.3 Å². The minimum absolute atomic E-state index is 0.0483. The van der Waals surface area contributed by atoms with Crippen molar-refractivity contribution in [3.63, 3.8) is 0 Å². The molecule has 2 unspecified atom stereocenters. The van der Waals surface area contributed by atoms with Gasteiger partial charge in [-0.15, -0.1) is 0 Å². The van der Waals surface area contributed by atoms with Crippen LogP contribution in [-0.4, -0.2) is 39.3 Å². The zero-order chi connectivity index (χ0) is 8.20. The van der Waals surface area contributed by atoms with Crippen molar-refractivity contribution in [2.45, 2.75) is 16.2 Å². The summed E-state index contributed by atoms with van der Waals surface area (Å²) in [5.74, 6) is 0. The van der Waals surface area contributed by atoms with Crippen molar-refractivity contribution < 1.29 is 13.0 Å². The van der Waals surface area contributed by atoms with Gasteiger partial charge in [0, 0.05) is 0 Å². The van der Waals surface area contributed by atoms with Gasteiger partial charge in [0.15, 0.2) is 0 Å². The van der Waals surface area contributed by atoms with Crippen LogP contribution in [0.4, 0.5) is 0 Å². The zero-order valence-electron chi connectivity index (χ0n) is 5.74. The molecule has 0 aromatic rings. The van der Waals surface area contributed by atoms with E-state index in [1.54, 1.807) is 0 Å². The molecule has 0 saturated carbocycles. The monoisotopic (exact) mass is 229 g/mol. The van der Waals surface area contributed by atoms with Gasteiger partial charge in [0.05, 0.1) is 0 Å². The van der Waals surface area contributed by atoms with Gasteiger partial charge in [-0.3, -0.25) is 0 Å². The Hall–Kier alpha value is 0.428. The summed E-state index contributed by atoms with van der Waals surface area (Å²) in [6, 6.07) is 0. The SMILES string of the molecule is CC[AsH]C(CN)S(=O)(=O)O. The maximum absolute atomic E-state index is 10.5. The molecule has 0 saturated heterocycles. The van der Waals surface area contributed by atoms with E-state index in [1.165, 1.54) is 0 Å². The second-order valence-corrected chi connectivity index (χ2v) is 8.08. The topological polar surface area (TPSA) is 80.4 Å². The van der Waals surface area contributed by atoms with E-state index in [2.05, 4.69) is 0 Å². The van der Waals surface area contributed by atoms with Crippen LogP contribution in [0, 0.1) is 0 Å². The van der Waals surface area contributed by atoms with Crippen LogP contribution in [0.1, 0.15) is 6.92 Å². The van der Waals surface area contributed by atoms with Crippen LogP contribution in [0.3, 0.4) is 0 Å². The first-order chi connectivity index (χ1) is 4.52. The minimum atomic E-state index is -3.85. The molecule has 10 heavy (non-hydrogen) atoms. The molecule has 0 aromatic heterocycles. The third-order valence-corrected chi connectivity index (χ3v) is 6.96. The number of hydrogen-bond acceptors (Lipinski definition) is 3. The molecule has 0 radical (unpaired) electrons. The van der Waals surface area contributed by atoms with Crippen LogP contribution in [0.2, 0.25) is 5.21 Å². The third-order valence-electron chi connectivity index (χ3n) is 1.01. The summed E-state index contributed by atoms with van der Waals surface area (Å²) in [6.45, 7) is 1.94. The average Bonchev–Trinajstić information content (AvgIpc) is 1.80. The summed E-state index contributed by atoms with van der Waals surface area (Å²) in [6.07, 6.45) is 0. The molecule has 0 aliphatic rings. The van der Waals surface area contributed by atoms with Crippen molar-refractivity contribution in [2.24, 2.45) is 5.73 Å². The van der Waals surface area contributed by atoms with Gasteiger partial charge in [-0.1, -0.05) is 0 Å². The summed E-state index contributed by atoms with van der Waals surface area (Å²) >= 11 is -0.616. The van der Waals surface area contributed by atoms with Gasteiger partial charge in [-0.05, 0) is 0 Å². The van der Waals surface area contributed by atoms with Crippen molar-refractivity contribution >= 4 is 25.9 Å². The fraction of sp³-hybridized carbons (Fsp3) is 1.00. The van der Waals surface area contributed by atoms with Crippen molar-refractivity contribution in [3.8, 4) is 0 Å². The summed E-state index contributed by atoms with van der Waals surface area (Å²) in [7, 11) is -3.85. The normalized spacial score (nSPS) is 16.3. The Morgan fingerprint density at radius 2 is 2.20 bits per heavy atom. The molecule has 2 atom stereocenters. The standard InChI is InChI=1S/C4H12AsNO3S/c1-2-5-4(3-6)10(7,8)9/h4-5H,2-3,6H2,1H3,(H,7,8,9). The maximum atomic E-state index is 10.5. The molecule has 0 bridgehead atoms. The van der Waals surface area contributed by atoms with E-state index in [-0.39, 0.29) is 6.54 Å². The Morgan fingerprint density at radius 1 is 1.70 bits per heavy atom. The summed E-state index contributed by atoms with van der Waals surface area (Å²) < 4.78 is 28.8. The van der Waals surface area contributed by atoms with Gasteiger partial charge in [0.2, 0.25) is 0 Å². The third kappa shape index (κ3) is 3.56. The van der Waals surface area contributed by atoms with Crippen molar-refractivity contribution in [1.29, 1.82) is 0 Å². The van der Waals surface area contributed by atoms with Crippen LogP contribution < -0.4 is 5.73 Å². The first kappa shape index (κ1) is 10.4. The Balaban J connectivity index is 4.08. The quantitative estimate of drug-likeness (QED) is 0.480. The molecule has 0 fully saturated rings. The molecule has 0 amide bonds. The first-order valence-corrected chi connectivity index (χ1v) is 7.12. The van der Waals surface area contributed by atoms with E-state index in [0.717, 1.165) is 5.21 Å². The van der Waals surface area contributed by atoms with Gasteiger partial charge in [0.25, 0.3) is 0 Å². The van der Waals surface area contributed by atoms with Crippen LogP contribution >= 0.6 is 0 Å². The Bertz CT molecular complexity index is 179. The number of nitrogens with two attached hydrogens (primary N) is 1. The predicted molar refractivity (Wildman–Crippen MR) is 42.0 cm³/mol. The average molecular weight is 229 g/mol. The summed E-state index contributed by atoms with van der Waals surface area (Å²) in [5.41, 5.74) is 5.14. The van der Waals surface area contributed by atoms with Crippen LogP contribution in [-0.2, 0) is 10.1 Å². The summed E-state index contributed by atoms with van der Waals surface area (Å²) in [4.78, 5) is 0. The second kappa shape index (κ2) is 4.34. The molecule has 3 N–H and O–H groups in total. The first-order valence-electron chi connectivity index (χ1n) is 2.92. The molecular formula is C4H12AsNO3S. The Morgan fingerprint density at radius 3 is 2.30 bits per heavy atom. The molecule has 0 heterocycles. The number of rotatable bonds is 4. The van der Waals surface area contributed by atoms with E-state index in [1.807, 2.05) is 6.92 Å². The summed E-state index contributed by atoms with van der Waals surface area (Å²) in [5, 5.41) is 0.835. The molecule has 4 nitrogen and oxygen atoms in total. The Labute approximate surface area is 67.6 Å². The van der Waals surface area contributed by atoms with E-state index >= 15 is 0 Å². The fourth-order valence-corrected chi connectivity index (χ4v) is 4.49. The van der Waals surface area contributed by atoms with Crippen molar-refractivity contribution in [3.05, 3.63) is 0 Å². The molecule has 62 valence electrons. The molecular weight excluding hydrogens is 217 g/mol. The molecule has 0 spiro atoms. The van der Waals surface area contributed by atoms with Crippen LogP contribution in [0.5, 0.6) is 0 Å². The van der Waals surface area contributed by atoms with Crippen molar-refractivity contribution in [2.75, 3.05) is 6.54 Å². The van der Waals surface area contributed by atoms with Gasteiger partial charge in [0.1, 0.15) is 0 Å². The van der Waals surface area contributed by atoms with E-state index < -0.39 is 29.9 Å². The second-order valence-electron chi connectivity index (χ2n) is 1.80. The Kier molecular flexibility index (Phi) is 4.52. The predicted octanol–water partition coefficient (Wildman–Crippen LogP) is -0.966. The molecule has 0 aliphatic heterocycles. The molecule has 0 rings (SSSR count). The number of hydrogen-bond donors (Lipinski definition) is 2. The van der Waals surface area contributed by atoms with Crippen LogP contribution in [0.25, 0.3) is 0 Å². The van der Waals surface area contributed by atoms with Gasteiger partial charge < -0.3 is 0 Å². The van der Waals surface area contributed by atoms with E-state index in [4.69, 9.17) is 10.3 Å². The molecule has 0 aromatic carbocycles. The fourth-order valence-electron chi connectivity index (χ4n) is 0.538. The van der Waals surface area contributed by atoms with E-state index in [9.17, 15) is 8.42 Å².